The number of rotatable bonds is 14. The molecule has 0 bridgehead atoms. The van der Waals surface area contributed by atoms with E-state index in [2.05, 4.69) is 5.32 Å². The molecule has 8 nitrogen and oxygen atoms in total. The van der Waals surface area contributed by atoms with Crippen LogP contribution in [0.1, 0.15) is 13.3 Å². The predicted molar refractivity (Wildman–Crippen MR) is 110 cm³/mol. The Hall–Kier alpha value is -2.33. The van der Waals surface area contributed by atoms with Crippen molar-refractivity contribution in [1.82, 2.24) is 5.32 Å². The van der Waals surface area contributed by atoms with Crippen LogP contribution in [0.2, 0.25) is 0 Å². The molecule has 9 heteroatoms. The number of benzene rings is 1. The number of carbonyl (C=O) groups excluding carboxylic acids is 1. The van der Waals surface area contributed by atoms with Crippen molar-refractivity contribution in [3.8, 4) is 16.6 Å². The average Bonchev–Trinajstić information content (AvgIpc) is 3.22. The zero-order valence-corrected chi connectivity index (χ0v) is 17.4. The highest BCUT2D eigenvalue weighted by Gasteiger charge is 2.20. The van der Waals surface area contributed by atoms with Gasteiger partial charge in [-0.1, -0.05) is 0 Å². The second kappa shape index (κ2) is 11.6. The highest BCUT2D eigenvalue weighted by atomic mass is 32.1. The van der Waals surface area contributed by atoms with Gasteiger partial charge in [-0.15, -0.1) is 11.3 Å². The Balaban J connectivity index is 1.70. The summed E-state index contributed by atoms with van der Waals surface area (Å²) in [6.45, 7) is 2.94. The number of methoxy groups -OCH3 is 1. The Morgan fingerprint density at radius 1 is 1.21 bits per heavy atom. The number of hydrogen-bond donors (Lipinski definition) is 3. The minimum Gasteiger partial charge on any atom is -0.492 e. The lowest BCUT2D eigenvalue weighted by molar-refractivity contribution is -0.125. The van der Waals surface area contributed by atoms with Gasteiger partial charge >= 0.3 is 0 Å². The fraction of sp³-hybridized carbons (Fsp3) is 0.450. The summed E-state index contributed by atoms with van der Waals surface area (Å²) in [5, 5.41) is 15.9. The maximum absolute atomic E-state index is 11.4. The minimum absolute atomic E-state index is 0.129. The highest BCUT2D eigenvalue weighted by Crippen LogP contribution is 2.20. The lowest BCUT2D eigenvalue weighted by atomic mass is 10.2. The first-order valence-corrected chi connectivity index (χ1v) is 10.1. The molecule has 160 valence electrons. The van der Waals surface area contributed by atoms with Crippen LogP contribution in [0.25, 0.3) is 0 Å². The molecule has 0 aliphatic heterocycles. The topological polar surface area (TPSA) is 112 Å². The van der Waals surface area contributed by atoms with E-state index >= 15 is 0 Å². The van der Waals surface area contributed by atoms with Crippen LogP contribution < -0.4 is 25.3 Å². The number of nitrogens with two attached hydrogens (primary N) is 1. The van der Waals surface area contributed by atoms with Crippen molar-refractivity contribution in [2.24, 2.45) is 5.73 Å². The van der Waals surface area contributed by atoms with Crippen molar-refractivity contribution in [2.75, 3.05) is 33.5 Å². The average molecular weight is 425 g/mol. The number of thiophene rings is 1. The number of aliphatic hydroxyl groups is 1. The van der Waals surface area contributed by atoms with Crippen LogP contribution in [0.15, 0.2) is 41.8 Å². The van der Waals surface area contributed by atoms with Crippen molar-refractivity contribution in [2.45, 2.75) is 25.2 Å². The highest BCUT2D eigenvalue weighted by molar-refractivity contribution is 7.11. The monoisotopic (exact) mass is 424 g/mol. The number of hydrogen-bond acceptors (Lipinski definition) is 8. The van der Waals surface area contributed by atoms with Gasteiger partial charge in [-0.3, -0.25) is 10.1 Å². The molecule has 0 aliphatic carbocycles. The summed E-state index contributed by atoms with van der Waals surface area (Å²) < 4.78 is 21.7. The maximum Gasteiger partial charge on any atom is 0.258 e. The van der Waals surface area contributed by atoms with Crippen LogP contribution >= 0.6 is 11.3 Å². The van der Waals surface area contributed by atoms with E-state index in [1.165, 1.54) is 11.3 Å². The second-order valence-electron chi connectivity index (χ2n) is 6.53. The van der Waals surface area contributed by atoms with Crippen molar-refractivity contribution >= 4 is 17.2 Å². The third-order valence-corrected chi connectivity index (χ3v) is 4.65. The standard InChI is InChI=1S/C20H28N2O6S/c1-20(24,14-27-18-4-3-13-29-18)22-10-12-26-15-5-7-16(8-6-15)28-17(19(21)23)9-11-25-2/h3-8,13,17,22,24H,9-12,14H2,1-2H3,(H2,21,23). The first kappa shape index (κ1) is 23.0. The second-order valence-corrected chi connectivity index (χ2v) is 7.44. The first-order valence-electron chi connectivity index (χ1n) is 9.21. The van der Waals surface area contributed by atoms with Gasteiger partial charge in [0.15, 0.2) is 11.2 Å². The van der Waals surface area contributed by atoms with Crippen LogP contribution in [-0.2, 0) is 9.53 Å². The zero-order valence-electron chi connectivity index (χ0n) is 16.6. The molecular formula is C20H28N2O6S. The molecule has 1 aromatic heterocycles. The summed E-state index contributed by atoms with van der Waals surface area (Å²) >= 11 is 1.47. The van der Waals surface area contributed by atoms with Crippen molar-refractivity contribution < 1.29 is 28.8 Å². The number of carbonyl (C=O) groups is 1. The molecule has 2 rings (SSSR count). The molecule has 29 heavy (non-hydrogen) atoms. The van der Waals surface area contributed by atoms with Crippen LogP contribution in [0.3, 0.4) is 0 Å². The molecule has 0 aliphatic rings. The van der Waals surface area contributed by atoms with E-state index < -0.39 is 17.7 Å². The fourth-order valence-electron chi connectivity index (χ4n) is 2.36. The third kappa shape index (κ3) is 8.70. The third-order valence-electron chi connectivity index (χ3n) is 3.87. The quantitative estimate of drug-likeness (QED) is 0.313. The molecule has 2 atom stereocenters. The molecule has 0 saturated carbocycles. The number of ether oxygens (including phenoxy) is 4. The molecule has 0 fully saturated rings. The van der Waals surface area contributed by atoms with Gasteiger partial charge < -0.3 is 29.8 Å². The van der Waals surface area contributed by atoms with Gasteiger partial charge in [-0.25, -0.2) is 0 Å². The largest absolute Gasteiger partial charge is 0.492 e. The van der Waals surface area contributed by atoms with Crippen LogP contribution in [0.4, 0.5) is 0 Å². The molecule has 0 saturated heterocycles. The molecule has 0 spiro atoms. The van der Waals surface area contributed by atoms with E-state index in [9.17, 15) is 9.90 Å². The van der Waals surface area contributed by atoms with E-state index in [4.69, 9.17) is 24.7 Å². The van der Waals surface area contributed by atoms with Gasteiger partial charge in [0.1, 0.15) is 30.4 Å². The molecule has 1 amide bonds. The smallest absolute Gasteiger partial charge is 0.258 e. The first-order chi connectivity index (χ1) is 13.9. The van der Waals surface area contributed by atoms with Crippen molar-refractivity contribution in [3.63, 3.8) is 0 Å². The number of amides is 1. The zero-order chi connectivity index (χ0) is 21.1. The van der Waals surface area contributed by atoms with E-state index in [-0.39, 0.29) is 6.61 Å². The summed E-state index contributed by atoms with van der Waals surface area (Å²) in [6, 6.07) is 10.6. The number of primary amides is 1. The lowest BCUT2D eigenvalue weighted by Crippen LogP contribution is -2.48. The summed E-state index contributed by atoms with van der Waals surface area (Å²) in [5.74, 6) is 0.619. The van der Waals surface area contributed by atoms with Gasteiger partial charge in [0.2, 0.25) is 0 Å². The Labute approximate surface area is 174 Å². The van der Waals surface area contributed by atoms with Gasteiger partial charge in [0.05, 0.1) is 6.61 Å². The van der Waals surface area contributed by atoms with E-state index in [1.807, 2.05) is 17.5 Å². The SMILES string of the molecule is COCCC(Oc1ccc(OCCNC(C)(O)COc2cccs2)cc1)C(N)=O. The molecule has 1 aromatic carbocycles. The van der Waals surface area contributed by atoms with Crippen LogP contribution in [-0.4, -0.2) is 56.3 Å². The molecule has 4 N–H and O–H groups in total. The van der Waals surface area contributed by atoms with E-state index in [0.717, 1.165) is 5.06 Å². The maximum atomic E-state index is 11.4. The lowest BCUT2D eigenvalue weighted by Gasteiger charge is -2.24. The normalized spacial score (nSPS) is 14.0. The molecule has 0 radical (unpaired) electrons. The van der Waals surface area contributed by atoms with Crippen molar-refractivity contribution in [3.05, 3.63) is 41.8 Å². The van der Waals surface area contributed by atoms with Gasteiger partial charge in [0, 0.05) is 20.1 Å². The number of nitrogens with one attached hydrogen (secondary N) is 1. The molecule has 2 aromatic rings. The van der Waals surface area contributed by atoms with E-state index in [0.29, 0.717) is 37.7 Å². The molecule has 1 heterocycles. The predicted octanol–water partition coefficient (Wildman–Crippen LogP) is 1.77. The summed E-state index contributed by atoms with van der Waals surface area (Å²) in [5.41, 5.74) is 4.17. The molecular weight excluding hydrogens is 396 g/mol. The van der Waals surface area contributed by atoms with E-state index in [1.54, 1.807) is 38.3 Å². The van der Waals surface area contributed by atoms with Crippen LogP contribution in [0, 0.1) is 0 Å². The molecule has 2 unspecified atom stereocenters. The van der Waals surface area contributed by atoms with Gasteiger partial charge in [-0.05, 0) is 48.7 Å². The Morgan fingerprint density at radius 3 is 2.55 bits per heavy atom. The van der Waals surface area contributed by atoms with Crippen LogP contribution in [0.5, 0.6) is 16.6 Å². The summed E-state index contributed by atoms with van der Waals surface area (Å²) in [4.78, 5) is 11.4. The summed E-state index contributed by atoms with van der Waals surface area (Å²) in [6.07, 6.45) is -0.365. The summed E-state index contributed by atoms with van der Waals surface area (Å²) in [7, 11) is 1.55. The minimum atomic E-state index is -1.17. The van der Waals surface area contributed by atoms with Crippen molar-refractivity contribution in [1.29, 1.82) is 0 Å². The fourth-order valence-corrected chi connectivity index (χ4v) is 2.94. The van der Waals surface area contributed by atoms with Gasteiger partial charge in [-0.2, -0.15) is 0 Å². The Morgan fingerprint density at radius 2 is 1.93 bits per heavy atom. The Kier molecular flexibility index (Phi) is 9.20. The Bertz CT molecular complexity index is 721. The van der Waals surface area contributed by atoms with Gasteiger partial charge in [0.25, 0.3) is 5.91 Å².